The monoisotopic (exact) mass is 358 g/mol. The molecule has 0 saturated heterocycles. The summed E-state index contributed by atoms with van der Waals surface area (Å²) in [5, 5.41) is -0.0230. The lowest BCUT2D eigenvalue weighted by atomic mass is 10.0. The summed E-state index contributed by atoms with van der Waals surface area (Å²) in [5.41, 5.74) is 0.514. The van der Waals surface area contributed by atoms with Crippen molar-refractivity contribution >= 4 is 33.3 Å². The second kappa shape index (κ2) is 6.46. The van der Waals surface area contributed by atoms with Gasteiger partial charge in [-0.25, -0.2) is 8.78 Å². The van der Waals surface area contributed by atoms with Crippen LogP contribution in [0.15, 0.2) is 40.9 Å². The molecule has 0 heterocycles. The van der Waals surface area contributed by atoms with Crippen LogP contribution in [0.1, 0.15) is 11.1 Å². The molecule has 0 amide bonds. The first kappa shape index (κ1) is 15.1. The van der Waals surface area contributed by atoms with E-state index in [1.807, 2.05) is 0 Å². The lowest BCUT2D eigenvalue weighted by Crippen LogP contribution is -2.09. The van der Waals surface area contributed by atoms with Gasteiger partial charge in [-0.2, -0.15) is 0 Å². The van der Waals surface area contributed by atoms with E-state index in [1.165, 1.54) is 24.3 Å². The normalized spacial score (nSPS) is 10.6. The highest BCUT2D eigenvalue weighted by Gasteiger charge is 2.13. The predicted molar refractivity (Wildman–Crippen MR) is 77.9 cm³/mol. The Morgan fingerprint density at radius 2 is 1.80 bits per heavy atom. The average molecular weight is 360 g/mol. The van der Waals surface area contributed by atoms with E-state index < -0.39 is 11.6 Å². The number of benzene rings is 2. The number of hydrogen-bond donors (Lipinski definition) is 0. The molecule has 0 aliphatic heterocycles. The van der Waals surface area contributed by atoms with Gasteiger partial charge >= 0.3 is 0 Å². The SMILES string of the molecule is O=C(Cc1ccc(Br)cc1F)Cc1cccc(Cl)c1F. The van der Waals surface area contributed by atoms with Crippen LogP contribution in [0.4, 0.5) is 8.78 Å². The van der Waals surface area contributed by atoms with E-state index in [9.17, 15) is 13.6 Å². The second-order valence-electron chi connectivity index (χ2n) is 4.34. The minimum atomic E-state index is -0.598. The van der Waals surface area contributed by atoms with E-state index in [-0.39, 0.29) is 29.2 Å². The molecule has 2 aromatic rings. The summed E-state index contributed by atoms with van der Waals surface area (Å²) < 4.78 is 27.9. The minimum Gasteiger partial charge on any atom is -0.299 e. The summed E-state index contributed by atoms with van der Waals surface area (Å²) in [7, 11) is 0. The summed E-state index contributed by atoms with van der Waals surface area (Å²) in [6.45, 7) is 0. The Morgan fingerprint density at radius 1 is 1.10 bits per heavy atom. The van der Waals surface area contributed by atoms with Gasteiger partial charge in [-0.3, -0.25) is 4.79 Å². The summed E-state index contributed by atoms with van der Waals surface area (Å²) in [6.07, 6.45) is -0.188. The van der Waals surface area contributed by atoms with Gasteiger partial charge in [-0.05, 0) is 29.3 Å². The van der Waals surface area contributed by atoms with E-state index in [1.54, 1.807) is 12.1 Å². The van der Waals surface area contributed by atoms with E-state index in [0.29, 0.717) is 10.0 Å². The molecule has 0 unspecified atom stereocenters. The van der Waals surface area contributed by atoms with Crippen molar-refractivity contribution in [2.45, 2.75) is 12.8 Å². The Balaban J connectivity index is 2.11. The molecule has 20 heavy (non-hydrogen) atoms. The molecule has 2 rings (SSSR count). The van der Waals surface area contributed by atoms with Crippen molar-refractivity contribution in [1.82, 2.24) is 0 Å². The topological polar surface area (TPSA) is 17.1 Å². The summed E-state index contributed by atoms with van der Waals surface area (Å²) in [4.78, 5) is 11.9. The Kier molecular flexibility index (Phi) is 4.89. The van der Waals surface area contributed by atoms with Gasteiger partial charge in [0.1, 0.15) is 17.4 Å². The zero-order chi connectivity index (χ0) is 14.7. The van der Waals surface area contributed by atoms with Crippen LogP contribution in [0.2, 0.25) is 5.02 Å². The van der Waals surface area contributed by atoms with Crippen molar-refractivity contribution < 1.29 is 13.6 Å². The van der Waals surface area contributed by atoms with Gasteiger partial charge < -0.3 is 0 Å². The third-order valence-electron chi connectivity index (χ3n) is 2.82. The lowest BCUT2D eigenvalue weighted by molar-refractivity contribution is -0.117. The molecule has 2 aromatic carbocycles. The smallest absolute Gasteiger partial charge is 0.145 e. The van der Waals surface area contributed by atoms with Gasteiger partial charge in [-0.1, -0.05) is 45.7 Å². The van der Waals surface area contributed by atoms with Crippen molar-refractivity contribution in [1.29, 1.82) is 0 Å². The van der Waals surface area contributed by atoms with Crippen LogP contribution in [0.25, 0.3) is 0 Å². The molecule has 0 atom stereocenters. The maximum Gasteiger partial charge on any atom is 0.145 e. The molecule has 0 aromatic heterocycles. The number of ketones is 1. The van der Waals surface area contributed by atoms with Gasteiger partial charge in [-0.15, -0.1) is 0 Å². The highest BCUT2D eigenvalue weighted by Crippen LogP contribution is 2.20. The molecule has 0 aliphatic carbocycles. The number of carbonyl (C=O) groups is 1. The second-order valence-corrected chi connectivity index (χ2v) is 5.66. The zero-order valence-electron chi connectivity index (χ0n) is 10.3. The fourth-order valence-electron chi connectivity index (χ4n) is 1.84. The van der Waals surface area contributed by atoms with Crippen molar-refractivity contribution in [3.63, 3.8) is 0 Å². The van der Waals surface area contributed by atoms with Crippen LogP contribution >= 0.6 is 27.5 Å². The molecule has 0 fully saturated rings. The van der Waals surface area contributed by atoms with E-state index in [2.05, 4.69) is 15.9 Å². The molecular weight excluding hydrogens is 350 g/mol. The Hall–Kier alpha value is -1.26. The van der Waals surface area contributed by atoms with Crippen molar-refractivity contribution in [3.05, 3.63) is 68.7 Å². The number of halogens is 4. The lowest BCUT2D eigenvalue weighted by Gasteiger charge is -2.05. The standard InChI is InChI=1S/C15H10BrClF2O/c16-11-5-4-9(14(18)8-11)6-12(20)7-10-2-1-3-13(17)15(10)19/h1-5,8H,6-7H2. The molecule has 0 saturated carbocycles. The van der Waals surface area contributed by atoms with Gasteiger partial charge in [0.2, 0.25) is 0 Å². The summed E-state index contributed by atoms with van der Waals surface area (Å²) in [5.74, 6) is -1.33. The van der Waals surface area contributed by atoms with E-state index in [4.69, 9.17) is 11.6 Å². The fraction of sp³-hybridized carbons (Fsp3) is 0.133. The largest absolute Gasteiger partial charge is 0.299 e. The molecule has 5 heteroatoms. The van der Waals surface area contributed by atoms with Crippen LogP contribution < -0.4 is 0 Å². The number of carbonyl (C=O) groups excluding carboxylic acids is 1. The van der Waals surface area contributed by atoms with Crippen molar-refractivity contribution in [3.8, 4) is 0 Å². The van der Waals surface area contributed by atoms with Gasteiger partial charge in [0, 0.05) is 17.3 Å². The quantitative estimate of drug-likeness (QED) is 0.771. The van der Waals surface area contributed by atoms with E-state index in [0.717, 1.165) is 0 Å². The zero-order valence-corrected chi connectivity index (χ0v) is 12.6. The third-order valence-corrected chi connectivity index (χ3v) is 3.61. The predicted octanol–water partition coefficient (Wildman–Crippen LogP) is 4.74. The average Bonchev–Trinajstić information content (AvgIpc) is 2.38. The highest BCUT2D eigenvalue weighted by molar-refractivity contribution is 9.10. The van der Waals surface area contributed by atoms with Crippen LogP contribution in [-0.4, -0.2) is 5.78 Å². The molecule has 1 nitrogen and oxygen atoms in total. The Bertz CT molecular complexity index is 658. The van der Waals surface area contributed by atoms with Crippen LogP contribution in [0.3, 0.4) is 0 Å². The number of Topliss-reactive ketones (excluding diaryl/α,β-unsaturated/α-hetero) is 1. The third kappa shape index (κ3) is 3.64. The molecule has 0 bridgehead atoms. The molecule has 0 radical (unpaired) electrons. The van der Waals surface area contributed by atoms with E-state index >= 15 is 0 Å². The molecular formula is C15H10BrClF2O. The fourth-order valence-corrected chi connectivity index (χ4v) is 2.36. The van der Waals surface area contributed by atoms with Crippen LogP contribution in [0.5, 0.6) is 0 Å². The highest BCUT2D eigenvalue weighted by atomic mass is 79.9. The maximum atomic E-state index is 13.7. The molecule has 0 spiro atoms. The first-order chi connectivity index (χ1) is 9.47. The number of hydrogen-bond acceptors (Lipinski definition) is 1. The van der Waals surface area contributed by atoms with Gasteiger partial charge in [0.05, 0.1) is 5.02 Å². The first-order valence-electron chi connectivity index (χ1n) is 5.86. The first-order valence-corrected chi connectivity index (χ1v) is 7.03. The maximum absolute atomic E-state index is 13.7. The van der Waals surface area contributed by atoms with Crippen molar-refractivity contribution in [2.75, 3.05) is 0 Å². The Labute approximate surface area is 128 Å². The van der Waals surface area contributed by atoms with Crippen molar-refractivity contribution in [2.24, 2.45) is 0 Å². The summed E-state index contributed by atoms with van der Waals surface area (Å²) in [6, 6.07) is 8.98. The molecule has 0 aliphatic rings. The van der Waals surface area contributed by atoms with Gasteiger partial charge in [0.25, 0.3) is 0 Å². The van der Waals surface area contributed by atoms with Crippen LogP contribution in [0, 0.1) is 11.6 Å². The molecule has 104 valence electrons. The summed E-state index contributed by atoms with van der Waals surface area (Å²) >= 11 is 8.79. The number of rotatable bonds is 4. The van der Waals surface area contributed by atoms with Gasteiger partial charge in [0.15, 0.2) is 0 Å². The molecule has 0 N–H and O–H groups in total. The van der Waals surface area contributed by atoms with Crippen LogP contribution in [-0.2, 0) is 17.6 Å². The minimum absolute atomic E-state index is 0.0230. The Morgan fingerprint density at radius 3 is 2.50 bits per heavy atom.